The molecule has 6 nitrogen and oxygen atoms in total. The zero-order chi connectivity index (χ0) is 15.4. The van der Waals surface area contributed by atoms with E-state index in [2.05, 4.69) is 5.32 Å². The van der Waals surface area contributed by atoms with E-state index in [1.165, 1.54) is 17.9 Å². The highest BCUT2D eigenvalue weighted by atomic mass is 19.1. The molecule has 0 aliphatic carbocycles. The number of nitro groups is 1. The number of anilines is 1. The van der Waals surface area contributed by atoms with E-state index in [9.17, 15) is 19.3 Å². The summed E-state index contributed by atoms with van der Waals surface area (Å²) in [5.74, 6) is -0.837. The second-order valence-electron chi connectivity index (χ2n) is 4.59. The molecule has 1 amide bonds. The predicted octanol–water partition coefficient (Wildman–Crippen LogP) is 2.32. The van der Waals surface area contributed by atoms with Crippen molar-refractivity contribution < 1.29 is 14.1 Å². The number of benzene rings is 1. The van der Waals surface area contributed by atoms with Crippen LogP contribution in [0.5, 0.6) is 0 Å². The third-order valence-corrected chi connectivity index (χ3v) is 3.07. The minimum Gasteiger partial charge on any atom is -0.368 e. The molecule has 0 radical (unpaired) electrons. The van der Waals surface area contributed by atoms with Gasteiger partial charge in [-0.05, 0) is 32.4 Å². The zero-order valence-electron chi connectivity index (χ0n) is 11.9. The molecule has 7 heteroatoms. The molecule has 0 saturated carbocycles. The summed E-state index contributed by atoms with van der Waals surface area (Å²) >= 11 is 0. The van der Waals surface area contributed by atoms with Crippen molar-refractivity contribution in [3.63, 3.8) is 0 Å². The van der Waals surface area contributed by atoms with Gasteiger partial charge in [-0.3, -0.25) is 14.9 Å². The van der Waals surface area contributed by atoms with Gasteiger partial charge in [0, 0.05) is 13.6 Å². The Hall–Kier alpha value is -2.18. The first-order valence-corrected chi connectivity index (χ1v) is 6.24. The highest BCUT2D eigenvalue weighted by molar-refractivity contribution is 5.85. The molecule has 0 saturated heterocycles. The lowest BCUT2D eigenvalue weighted by Gasteiger charge is -2.21. The van der Waals surface area contributed by atoms with Crippen LogP contribution in [0, 0.1) is 22.9 Å². The van der Waals surface area contributed by atoms with Crippen LogP contribution in [-0.2, 0) is 4.79 Å². The van der Waals surface area contributed by atoms with Crippen molar-refractivity contribution in [2.24, 2.45) is 0 Å². The number of nitrogens with one attached hydrogen (secondary N) is 1. The monoisotopic (exact) mass is 283 g/mol. The number of carbonyl (C=O) groups is 1. The molecule has 0 bridgehead atoms. The Labute approximate surface area is 116 Å². The maximum atomic E-state index is 13.4. The zero-order valence-corrected chi connectivity index (χ0v) is 11.9. The lowest BCUT2D eigenvalue weighted by molar-refractivity contribution is -0.384. The van der Waals surface area contributed by atoms with E-state index < -0.39 is 16.8 Å². The van der Waals surface area contributed by atoms with Gasteiger partial charge in [0.2, 0.25) is 5.91 Å². The van der Waals surface area contributed by atoms with Crippen LogP contribution < -0.4 is 5.32 Å². The number of nitrogens with zero attached hydrogens (tertiary/aromatic N) is 2. The number of hydrogen-bond acceptors (Lipinski definition) is 4. The number of hydrogen-bond donors (Lipinski definition) is 1. The Bertz CT molecular complexity index is 534. The number of halogens is 1. The number of amides is 1. The molecule has 1 unspecified atom stereocenters. The fourth-order valence-corrected chi connectivity index (χ4v) is 1.72. The quantitative estimate of drug-likeness (QED) is 0.664. The molecule has 0 heterocycles. The minimum atomic E-state index is -0.675. The Morgan fingerprint density at radius 2 is 2.15 bits per heavy atom. The van der Waals surface area contributed by atoms with Gasteiger partial charge in [-0.1, -0.05) is 0 Å². The maximum Gasteiger partial charge on any atom is 0.295 e. The van der Waals surface area contributed by atoms with Gasteiger partial charge in [-0.2, -0.15) is 0 Å². The van der Waals surface area contributed by atoms with Crippen LogP contribution in [0.4, 0.5) is 15.8 Å². The summed E-state index contributed by atoms with van der Waals surface area (Å²) in [7, 11) is 1.64. The maximum absolute atomic E-state index is 13.4. The SMILES string of the molecule is CCN(C)C(=O)C(C)Nc1cc(C)c(F)cc1[N+](=O)[O-]. The Morgan fingerprint density at radius 3 is 2.65 bits per heavy atom. The van der Waals surface area contributed by atoms with Crippen molar-refractivity contribution in [2.45, 2.75) is 26.8 Å². The van der Waals surface area contributed by atoms with E-state index in [4.69, 9.17) is 0 Å². The van der Waals surface area contributed by atoms with Crippen molar-refractivity contribution in [3.8, 4) is 0 Å². The number of carbonyl (C=O) groups excluding carboxylic acids is 1. The smallest absolute Gasteiger partial charge is 0.295 e. The van der Waals surface area contributed by atoms with E-state index in [-0.39, 0.29) is 22.8 Å². The first-order chi connectivity index (χ1) is 9.27. The number of likely N-dealkylation sites (N-methyl/N-ethyl adjacent to an activating group) is 1. The molecule has 0 fully saturated rings. The molecular weight excluding hydrogens is 265 g/mol. The van der Waals surface area contributed by atoms with Crippen molar-refractivity contribution in [2.75, 3.05) is 18.9 Å². The molecule has 110 valence electrons. The molecule has 0 aliphatic heterocycles. The van der Waals surface area contributed by atoms with E-state index in [0.29, 0.717) is 6.54 Å². The molecule has 1 N–H and O–H groups in total. The molecular formula is C13H18FN3O3. The van der Waals surface area contributed by atoms with Gasteiger partial charge >= 0.3 is 0 Å². The van der Waals surface area contributed by atoms with Crippen LogP contribution in [0.1, 0.15) is 19.4 Å². The van der Waals surface area contributed by atoms with Crippen molar-refractivity contribution in [3.05, 3.63) is 33.6 Å². The summed E-state index contributed by atoms with van der Waals surface area (Å²) in [5.41, 5.74) is 0.0350. The summed E-state index contributed by atoms with van der Waals surface area (Å²) in [6, 6.07) is 1.56. The van der Waals surface area contributed by atoms with Crippen LogP contribution in [0.15, 0.2) is 12.1 Å². The lowest BCUT2D eigenvalue weighted by Crippen LogP contribution is -2.38. The molecule has 20 heavy (non-hydrogen) atoms. The average Bonchev–Trinajstić information content (AvgIpc) is 2.40. The predicted molar refractivity (Wildman–Crippen MR) is 74.2 cm³/mol. The van der Waals surface area contributed by atoms with E-state index in [1.54, 1.807) is 14.0 Å². The number of rotatable bonds is 5. The highest BCUT2D eigenvalue weighted by Gasteiger charge is 2.22. The molecule has 1 atom stereocenters. The van der Waals surface area contributed by atoms with Gasteiger partial charge < -0.3 is 10.2 Å². The van der Waals surface area contributed by atoms with Crippen molar-refractivity contribution in [1.82, 2.24) is 4.90 Å². The fraction of sp³-hybridized carbons (Fsp3) is 0.462. The second kappa shape index (κ2) is 6.31. The van der Waals surface area contributed by atoms with Crippen molar-refractivity contribution >= 4 is 17.3 Å². The van der Waals surface area contributed by atoms with Crippen LogP contribution in [0.2, 0.25) is 0 Å². The van der Waals surface area contributed by atoms with Gasteiger partial charge in [0.15, 0.2) is 0 Å². The molecule has 1 aromatic rings. The fourth-order valence-electron chi connectivity index (χ4n) is 1.72. The van der Waals surface area contributed by atoms with E-state index >= 15 is 0 Å². The van der Waals surface area contributed by atoms with Crippen LogP contribution >= 0.6 is 0 Å². The number of aryl methyl sites for hydroxylation is 1. The summed E-state index contributed by atoms with van der Waals surface area (Å²) in [5, 5.41) is 13.7. The van der Waals surface area contributed by atoms with Crippen molar-refractivity contribution in [1.29, 1.82) is 0 Å². The third-order valence-electron chi connectivity index (χ3n) is 3.07. The Balaban J connectivity index is 3.05. The second-order valence-corrected chi connectivity index (χ2v) is 4.59. The van der Waals surface area contributed by atoms with E-state index in [1.807, 2.05) is 6.92 Å². The largest absolute Gasteiger partial charge is 0.368 e. The highest BCUT2D eigenvalue weighted by Crippen LogP contribution is 2.28. The summed E-state index contributed by atoms with van der Waals surface area (Å²) in [6.45, 7) is 5.48. The molecule has 1 aromatic carbocycles. The molecule has 0 aromatic heterocycles. The topological polar surface area (TPSA) is 75.5 Å². The molecule has 0 spiro atoms. The Morgan fingerprint density at radius 1 is 1.55 bits per heavy atom. The minimum absolute atomic E-state index is 0.138. The Kier molecular flexibility index (Phi) is 5.01. The first kappa shape index (κ1) is 15.9. The van der Waals surface area contributed by atoms with Gasteiger partial charge in [0.1, 0.15) is 17.5 Å². The standard InChI is InChI=1S/C13H18FN3O3/c1-5-16(4)13(18)9(3)15-11-6-8(2)10(14)7-12(11)17(19)20/h6-7,9,15H,5H2,1-4H3. The van der Waals surface area contributed by atoms with Gasteiger partial charge in [-0.25, -0.2) is 4.39 Å². The third kappa shape index (κ3) is 3.43. The molecule has 0 aliphatic rings. The molecule has 1 rings (SSSR count). The number of nitro benzene ring substituents is 1. The normalized spacial score (nSPS) is 11.8. The van der Waals surface area contributed by atoms with Crippen LogP contribution in [0.3, 0.4) is 0 Å². The first-order valence-electron chi connectivity index (χ1n) is 6.24. The van der Waals surface area contributed by atoms with Crippen LogP contribution in [0.25, 0.3) is 0 Å². The van der Waals surface area contributed by atoms with Gasteiger partial charge in [0.25, 0.3) is 5.69 Å². The van der Waals surface area contributed by atoms with Gasteiger partial charge in [-0.15, -0.1) is 0 Å². The average molecular weight is 283 g/mol. The summed E-state index contributed by atoms with van der Waals surface area (Å²) in [6.07, 6.45) is 0. The summed E-state index contributed by atoms with van der Waals surface area (Å²) in [4.78, 5) is 23.7. The van der Waals surface area contributed by atoms with Crippen LogP contribution in [-0.4, -0.2) is 35.4 Å². The lowest BCUT2D eigenvalue weighted by atomic mass is 10.1. The van der Waals surface area contributed by atoms with E-state index in [0.717, 1.165) is 6.07 Å². The van der Waals surface area contributed by atoms with Gasteiger partial charge in [0.05, 0.1) is 11.0 Å². The summed E-state index contributed by atoms with van der Waals surface area (Å²) < 4.78 is 13.4.